The van der Waals surface area contributed by atoms with Crippen LogP contribution >= 0.6 is 11.6 Å². The van der Waals surface area contributed by atoms with Crippen molar-refractivity contribution in [2.75, 3.05) is 0 Å². The Bertz CT molecular complexity index is 318. The van der Waals surface area contributed by atoms with Crippen LogP contribution < -0.4 is 0 Å². The van der Waals surface area contributed by atoms with Crippen molar-refractivity contribution >= 4 is 17.4 Å². The molecule has 0 radical (unpaired) electrons. The van der Waals surface area contributed by atoms with Gasteiger partial charge in [0.25, 0.3) is 0 Å². The lowest BCUT2D eigenvalue weighted by Gasteiger charge is -2.05. The molecule has 0 aromatic heterocycles. The van der Waals surface area contributed by atoms with E-state index in [1.807, 2.05) is 25.1 Å². The summed E-state index contributed by atoms with van der Waals surface area (Å²) in [4.78, 5) is 10.9. The molecule has 0 spiro atoms. The van der Waals surface area contributed by atoms with Gasteiger partial charge in [0.1, 0.15) is 5.78 Å². The molecule has 2 heteroatoms. The third-order valence-electron chi connectivity index (χ3n) is 1.95. The van der Waals surface area contributed by atoms with Crippen molar-refractivity contribution < 1.29 is 4.79 Å². The number of carbonyl (C=O) groups excluding carboxylic acids is 1. The van der Waals surface area contributed by atoms with E-state index in [4.69, 9.17) is 11.6 Å². The summed E-state index contributed by atoms with van der Waals surface area (Å²) in [5.74, 6) is 0.653. The summed E-state index contributed by atoms with van der Waals surface area (Å²) in [5, 5.41) is 0. The van der Waals surface area contributed by atoms with E-state index in [9.17, 15) is 4.79 Å². The van der Waals surface area contributed by atoms with Crippen LogP contribution in [0, 0.1) is 6.92 Å². The zero-order valence-electron chi connectivity index (χ0n) is 7.93. The monoisotopic (exact) mass is 196 g/mol. The highest BCUT2D eigenvalue weighted by Crippen LogP contribution is 2.14. The van der Waals surface area contributed by atoms with Crippen LogP contribution in [0.15, 0.2) is 18.2 Å². The van der Waals surface area contributed by atoms with Crippen molar-refractivity contribution in [1.29, 1.82) is 0 Å². The molecule has 0 N–H and O–H groups in total. The van der Waals surface area contributed by atoms with E-state index in [1.54, 1.807) is 6.92 Å². The first-order chi connectivity index (χ1) is 6.13. The van der Waals surface area contributed by atoms with Gasteiger partial charge in [-0.1, -0.05) is 23.8 Å². The van der Waals surface area contributed by atoms with E-state index in [2.05, 4.69) is 0 Å². The molecule has 0 amide bonds. The van der Waals surface area contributed by atoms with E-state index in [0.717, 1.165) is 11.1 Å². The van der Waals surface area contributed by atoms with Gasteiger partial charge in [0.15, 0.2) is 0 Å². The summed E-state index contributed by atoms with van der Waals surface area (Å²) >= 11 is 5.76. The summed E-state index contributed by atoms with van der Waals surface area (Å²) in [6.45, 7) is 3.61. The normalized spacial score (nSPS) is 10.1. The Morgan fingerprint density at radius 2 is 2.08 bits per heavy atom. The van der Waals surface area contributed by atoms with Gasteiger partial charge in [-0.05, 0) is 25.0 Å². The van der Waals surface area contributed by atoms with Crippen LogP contribution in [0.3, 0.4) is 0 Å². The zero-order valence-corrected chi connectivity index (χ0v) is 8.69. The second-order valence-corrected chi connectivity index (χ2v) is 3.55. The largest absolute Gasteiger partial charge is 0.300 e. The Balaban J connectivity index is 3.01. The third kappa shape index (κ3) is 2.85. The number of benzene rings is 1. The number of Topliss-reactive ketones (excluding diaryl/α,β-unsaturated/α-hetero) is 1. The molecule has 1 aromatic rings. The van der Waals surface area contributed by atoms with Gasteiger partial charge in [-0.3, -0.25) is 4.79 Å². The topological polar surface area (TPSA) is 17.1 Å². The molecule has 0 aliphatic carbocycles. The molecule has 0 saturated carbocycles. The number of alkyl halides is 1. The first-order valence-corrected chi connectivity index (χ1v) is 4.80. The fourth-order valence-electron chi connectivity index (χ4n) is 1.32. The Morgan fingerprint density at radius 3 is 2.62 bits per heavy atom. The first-order valence-electron chi connectivity index (χ1n) is 4.27. The molecule has 0 fully saturated rings. The predicted octanol–water partition coefficient (Wildman–Crippen LogP) is 2.87. The van der Waals surface area contributed by atoms with E-state index in [1.165, 1.54) is 5.56 Å². The number of hydrogen-bond acceptors (Lipinski definition) is 1. The standard InChI is InChI=1S/C11H13ClO/c1-8-3-4-10(7-12)11(5-8)6-9(2)13/h3-5H,6-7H2,1-2H3. The maximum Gasteiger partial charge on any atom is 0.134 e. The van der Waals surface area contributed by atoms with E-state index >= 15 is 0 Å². The van der Waals surface area contributed by atoms with Crippen molar-refractivity contribution in [2.24, 2.45) is 0 Å². The van der Waals surface area contributed by atoms with Crippen molar-refractivity contribution in [3.05, 3.63) is 34.9 Å². The van der Waals surface area contributed by atoms with E-state index in [0.29, 0.717) is 12.3 Å². The van der Waals surface area contributed by atoms with Crippen LogP contribution in [0.2, 0.25) is 0 Å². The summed E-state index contributed by atoms with van der Waals surface area (Å²) < 4.78 is 0. The minimum Gasteiger partial charge on any atom is -0.300 e. The number of hydrogen-bond donors (Lipinski definition) is 0. The third-order valence-corrected chi connectivity index (χ3v) is 2.23. The SMILES string of the molecule is CC(=O)Cc1cc(C)ccc1CCl. The van der Waals surface area contributed by atoms with Gasteiger partial charge >= 0.3 is 0 Å². The maximum absolute atomic E-state index is 10.9. The minimum absolute atomic E-state index is 0.178. The second-order valence-electron chi connectivity index (χ2n) is 3.28. The second kappa shape index (κ2) is 4.43. The van der Waals surface area contributed by atoms with Gasteiger partial charge < -0.3 is 0 Å². The number of halogens is 1. The number of aryl methyl sites for hydroxylation is 1. The van der Waals surface area contributed by atoms with Gasteiger partial charge in [-0.15, -0.1) is 11.6 Å². The molecular formula is C11H13ClO. The summed E-state index contributed by atoms with van der Waals surface area (Å²) in [5.41, 5.74) is 3.29. The molecule has 0 bridgehead atoms. The molecule has 13 heavy (non-hydrogen) atoms. The van der Waals surface area contributed by atoms with E-state index in [-0.39, 0.29) is 5.78 Å². The van der Waals surface area contributed by atoms with Crippen LogP contribution in [0.25, 0.3) is 0 Å². The van der Waals surface area contributed by atoms with Crippen LogP contribution in [0.1, 0.15) is 23.6 Å². The molecule has 0 aliphatic heterocycles. The zero-order chi connectivity index (χ0) is 9.84. The summed E-state index contributed by atoms with van der Waals surface area (Å²) in [6, 6.07) is 6.03. The maximum atomic E-state index is 10.9. The van der Waals surface area contributed by atoms with Crippen LogP contribution in [-0.2, 0) is 17.1 Å². The quantitative estimate of drug-likeness (QED) is 0.680. The average molecular weight is 197 g/mol. The molecule has 0 saturated heterocycles. The highest BCUT2D eigenvalue weighted by molar-refractivity contribution is 6.17. The molecule has 1 nitrogen and oxygen atoms in total. The molecule has 70 valence electrons. The lowest BCUT2D eigenvalue weighted by Crippen LogP contribution is -2.00. The fourth-order valence-corrected chi connectivity index (χ4v) is 1.58. The predicted molar refractivity (Wildman–Crippen MR) is 55.1 cm³/mol. The van der Waals surface area contributed by atoms with E-state index < -0.39 is 0 Å². The van der Waals surface area contributed by atoms with Crippen molar-refractivity contribution in [3.8, 4) is 0 Å². The Hall–Kier alpha value is -0.820. The number of ketones is 1. The molecule has 0 atom stereocenters. The van der Waals surface area contributed by atoms with Crippen molar-refractivity contribution in [1.82, 2.24) is 0 Å². The van der Waals surface area contributed by atoms with Gasteiger partial charge in [0.2, 0.25) is 0 Å². The molecular weight excluding hydrogens is 184 g/mol. The van der Waals surface area contributed by atoms with Crippen LogP contribution in [0.5, 0.6) is 0 Å². The minimum atomic E-state index is 0.178. The van der Waals surface area contributed by atoms with Crippen LogP contribution in [-0.4, -0.2) is 5.78 Å². The highest BCUT2D eigenvalue weighted by atomic mass is 35.5. The summed E-state index contributed by atoms with van der Waals surface area (Å²) in [6.07, 6.45) is 0.490. The fraction of sp³-hybridized carbons (Fsp3) is 0.364. The first kappa shape index (κ1) is 10.3. The Morgan fingerprint density at radius 1 is 1.38 bits per heavy atom. The van der Waals surface area contributed by atoms with Gasteiger partial charge in [-0.2, -0.15) is 0 Å². The van der Waals surface area contributed by atoms with Crippen molar-refractivity contribution in [3.63, 3.8) is 0 Å². The Kier molecular flexibility index (Phi) is 3.49. The van der Waals surface area contributed by atoms with Crippen molar-refractivity contribution in [2.45, 2.75) is 26.1 Å². The highest BCUT2D eigenvalue weighted by Gasteiger charge is 2.03. The number of rotatable bonds is 3. The lowest BCUT2D eigenvalue weighted by atomic mass is 10.0. The molecule has 1 rings (SSSR count). The van der Waals surface area contributed by atoms with Gasteiger partial charge in [-0.25, -0.2) is 0 Å². The number of carbonyl (C=O) groups is 1. The van der Waals surface area contributed by atoms with Gasteiger partial charge in [0, 0.05) is 12.3 Å². The Labute approximate surface area is 83.7 Å². The van der Waals surface area contributed by atoms with Gasteiger partial charge in [0.05, 0.1) is 0 Å². The molecule has 0 unspecified atom stereocenters. The average Bonchev–Trinajstić information content (AvgIpc) is 2.03. The molecule has 1 aromatic carbocycles. The summed E-state index contributed by atoms with van der Waals surface area (Å²) in [7, 11) is 0. The van der Waals surface area contributed by atoms with Crippen LogP contribution in [0.4, 0.5) is 0 Å². The smallest absolute Gasteiger partial charge is 0.134 e. The molecule has 0 heterocycles. The molecule has 0 aliphatic rings. The lowest BCUT2D eigenvalue weighted by molar-refractivity contribution is -0.116.